The van der Waals surface area contributed by atoms with Crippen molar-refractivity contribution in [1.29, 1.82) is 0 Å². The highest BCUT2D eigenvalue weighted by Crippen LogP contribution is 2.06. The molecule has 1 aromatic heterocycles. The maximum atomic E-state index is 8.00. The Morgan fingerprint density at radius 3 is 2.20 bits per heavy atom. The van der Waals surface area contributed by atoms with Crippen LogP contribution in [-0.2, 0) is 6.54 Å². The molecule has 0 radical (unpaired) electrons. The molecule has 1 heterocycles. The summed E-state index contributed by atoms with van der Waals surface area (Å²) in [6.07, 6.45) is 0. The Morgan fingerprint density at radius 2 is 1.87 bits per heavy atom. The van der Waals surface area contributed by atoms with E-state index in [0.717, 1.165) is 5.76 Å². The van der Waals surface area contributed by atoms with Crippen molar-refractivity contribution in [3.05, 3.63) is 34.1 Å². The van der Waals surface area contributed by atoms with Crippen molar-refractivity contribution >= 4 is 0 Å². The van der Waals surface area contributed by atoms with E-state index in [2.05, 4.69) is 10.0 Å². The molecule has 0 saturated carbocycles. The van der Waals surface area contributed by atoms with E-state index in [4.69, 9.17) is 28.2 Å². The molecule has 15 heavy (non-hydrogen) atoms. The lowest BCUT2D eigenvalue weighted by atomic mass is 10.4. The second-order valence-electron chi connectivity index (χ2n) is 1.90. The van der Waals surface area contributed by atoms with Gasteiger partial charge in [-0.15, -0.1) is 0 Å². The van der Waals surface area contributed by atoms with Gasteiger partial charge in [-0.25, -0.2) is 0 Å². The average molecular weight is 233 g/mol. The third kappa shape index (κ3) is 10.2. The van der Waals surface area contributed by atoms with Crippen LogP contribution in [0.1, 0.15) is 11.5 Å². The minimum Gasteiger partial charge on any atom is -0.466 e. The Kier molecular flexibility index (Phi) is 18.6. The van der Waals surface area contributed by atoms with Crippen molar-refractivity contribution in [3.8, 4) is 0 Å². The molecule has 0 atom stereocenters. The molecule has 0 aliphatic heterocycles. The van der Waals surface area contributed by atoms with Crippen LogP contribution in [-0.4, -0.2) is 0 Å². The second kappa shape index (κ2) is 14.7. The van der Waals surface area contributed by atoms with E-state index in [1.165, 1.54) is 0 Å². The highest BCUT2D eigenvalue weighted by atomic mass is 20.0. The number of rotatable bonds is 2. The van der Waals surface area contributed by atoms with Crippen LogP contribution in [0.2, 0.25) is 0 Å². The molecule has 0 aliphatic carbocycles. The lowest BCUT2D eigenvalue weighted by molar-refractivity contribution is 0.108. The van der Waals surface area contributed by atoms with Gasteiger partial charge in [0.25, 0.3) is 0 Å². The fourth-order valence-corrected chi connectivity index (χ4v) is 0.671. The molecule has 0 spiro atoms. The Balaban J connectivity index is -0.000000258. The zero-order chi connectivity index (χ0) is 11.4. The first-order valence-corrected chi connectivity index (χ1v) is 3.17. The van der Waals surface area contributed by atoms with Crippen LogP contribution >= 0.6 is 0 Å². The Hall–Kier alpha value is -1.76. The number of hydrogen-bond donors (Lipinski definition) is 0. The van der Waals surface area contributed by atoms with Crippen LogP contribution in [0.3, 0.4) is 0 Å². The molecular weight excluding hydrogens is 225 g/mol. The highest BCUT2D eigenvalue weighted by Gasteiger charge is 1.93. The van der Waals surface area contributed by atoms with E-state index in [9.17, 15) is 0 Å². The number of halogens is 5. The molecule has 0 unspecified atom stereocenters. The molecule has 0 aromatic carbocycles. The summed E-state index contributed by atoms with van der Waals surface area (Å²) in [5.41, 5.74) is 7.95. The van der Waals surface area contributed by atoms with Crippen molar-refractivity contribution in [2.75, 3.05) is 0 Å². The van der Waals surface area contributed by atoms with Gasteiger partial charge in [-0.05, 0) is 24.6 Å². The molecular formula is C6H8F5N3O. The molecule has 1 rings (SSSR count). The number of aryl methyl sites for hydroxylation is 1. The minimum absolute atomic E-state index is 0. The molecule has 4 nitrogen and oxygen atoms in total. The first-order chi connectivity index (χ1) is 6.83. The van der Waals surface area contributed by atoms with Gasteiger partial charge < -0.3 is 4.42 Å². The summed E-state index contributed by atoms with van der Waals surface area (Å²) >= 11 is 0. The normalized spacial score (nSPS) is 6.73. The molecule has 9 heteroatoms. The zero-order valence-corrected chi connectivity index (χ0v) is 7.53. The van der Waals surface area contributed by atoms with E-state index in [-0.39, 0.29) is 4.70 Å². The van der Waals surface area contributed by atoms with Gasteiger partial charge in [0.2, 0.25) is 0 Å². The molecule has 1 aromatic rings. The van der Waals surface area contributed by atoms with E-state index in [0.29, 0.717) is 12.3 Å². The Labute approximate surface area is 81.2 Å². The van der Waals surface area contributed by atoms with Crippen LogP contribution in [0.4, 0.5) is 23.0 Å². The molecule has 0 aliphatic rings. The van der Waals surface area contributed by atoms with Gasteiger partial charge in [-0.1, -0.05) is 5.11 Å². The predicted molar refractivity (Wildman–Crippen MR) is 43.2 cm³/mol. The molecule has 0 bridgehead atoms. The third-order valence-electron chi connectivity index (χ3n) is 1.09. The summed E-state index contributed by atoms with van der Waals surface area (Å²) in [6.45, 7) is 2.14. The predicted octanol–water partition coefficient (Wildman–Crippen LogP) is 4.23. The van der Waals surface area contributed by atoms with Crippen LogP contribution in [0.15, 0.2) is 21.7 Å². The number of azide groups is 1. The van der Waals surface area contributed by atoms with Crippen LogP contribution in [0, 0.1) is 6.92 Å². The standard InChI is InChI=1S/C6H7N3O.2F2.FH/c1-5-2-3-6(10-5)4-8-9-7;2*1-2;/h2-3H,4H2,1H3;;;1H. The molecule has 0 fully saturated rings. The van der Waals surface area contributed by atoms with E-state index in [1.54, 1.807) is 6.07 Å². The quantitative estimate of drug-likeness (QED) is 0.326. The molecule has 0 N–H and O–H groups in total. The third-order valence-corrected chi connectivity index (χ3v) is 1.09. The van der Waals surface area contributed by atoms with Gasteiger partial charge >= 0.3 is 0 Å². The number of furan rings is 1. The second-order valence-corrected chi connectivity index (χ2v) is 1.90. The van der Waals surface area contributed by atoms with Gasteiger partial charge in [0.15, 0.2) is 0 Å². The lowest BCUT2D eigenvalue weighted by Crippen LogP contribution is -1.70. The van der Waals surface area contributed by atoms with Crippen molar-refractivity contribution in [1.82, 2.24) is 0 Å². The van der Waals surface area contributed by atoms with Crippen LogP contribution in [0.5, 0.6) is 0 Å². The summed E-state index contributed by atoms with van der Waals surface area (Å²) in [4.78, 5) is 2.61. The monoisotopic (exact) mass is 233 g/mol. The largest absolute Gasteiger partial charge is 0.466 e. The highest BCUT2D eigenvalue weighted by molar-refractivity contribution is 5.05. The maximum absolute atomic E-state index is 8.00. The minimum atomic E-state index is 0. The zero-order valence-electron chi connectivity index (χ0n) is 7.53. The summed E-state index contributed by atoms with van der Waals surface area (Å²) in [7, 11) is 0. The van der Waals surface area contributed by atoms with E-state index >= 15 is 0 Å². The summed E-state index contributed by atoms with van der Waals surface area (Å²) < 4.78 is 37.1. The fourth-order valence-electron chi connectivity index (χ4n) is 0.671. The fraction of sp³-hybridized carbons (Fsp3) is 0.333. The van der Waals surface area contributed by atoms with E-state index < -0.39 is 0 Å². The van der Waals surface area contributed by atoms with Crippen molar-refractivity contribution < 1.29 is 27.4 Å². The van der Waals surface area contributed by atoms with E-state index in [1.807, 2.05) is 13.0 Å². The van der Waals surface area contributed by atoms with Crippen molar-refractivity contribution in [3.63, 3.8) is 0 Å². The number of nitrogens with zero attached hydrogens (tertiary/aromatic N) is 3. The topological polar surface area (TPSA) is 61.9 Å². The Morgan fingerprint density at radius 1 is 1.33 bits per heavy atom. The van der Waals surface area contributed by atoms with Crippen LogP contribution < -0.4 is 0 Å². The van der Waals surface area contributed by atoms with Gasteiger partial charge in [0.05, 0.1) is 6.54 Å². The summed E-state index contributed by atoms with van der Waals surface area (Å²) in [6, 6.07) is 3.63. The first kappa shape index (κ1) is 18.9. The van der Waals surface area contributed by atoms with Crippen molar-refractivity contribution in [2.24, 2.45) is 5.11 Å². The molecule has 0 amide bonds. The maximum Gasteiger partial charge on any atom is 0.109 e. The smallest absolute Gasteiger partial charge is 0.109 e. The average Bonchev–Trinajstić information content (AvgIpc) is 2.67. The van der Waals surface area contributed by atoms with Crippen molar-refractivity contribution in [2.45, 2.75) is 13.5 Å². The Bertz CT molecular complexity index is 273. The van der Waals surface area contributed by atoms with Gasteiger partial charge in [-0.2, -0.15) is 0 Å². The van der Waals surface area contributed by atoms with Gasteiger partial charge in [0.1, 0.15) is 11.5 Å². The van der Waals surface area contributed by atoms with Gasteiger partial charge in [-0.3, -0.25) is 4.70 Å². The summed E-state index contributed by atoms with van der Waals surface area (Å²) in [5.74, 6) is 1.54. The first-order valence-electron chi connectivity index (χ1n) is 3.17. The summed E-state index contributed by atoms with van der Waals surface area (Å²) in [5, 5.41) is 3.34. The molecule has 88 valence electrons. The van der Waals surface area contributed by atoms with Crippen LogP contribution in [0.25, 0.3) is 10.4 Å². The SMILES string of the molecule is Cc1ccc(CN=[N+]=[N-])o1.F.FF.FF. The molecule has 0 saturated heterocycles. The number of hydrogen-bond acceptors (Lipinski definition) is 2. The van der Waals surface area contributed by atoms with Gasteiger partial charge in [0, 0.05) is 23.2 Å². The lowest BCUT2D eigenvalue weighted by Gasteiger charge is -1.83.